The maximum atomic E-state index is 12.5. The summed E-state index contributed by atoms with van der Waals surface area (Å²) >= 11 is 5.84. The summed E-state index contributed by atoms with van der Waals surface area (Å²) in [5.74, 6) is 0.0900. The Morgan fingerprint density at radius 3 is 2.46 bits per heavy atom. The number of carbonyl (C=O) groups is 1. The first-order chi connectivity index (χ1) is 11.3. The third kappa shape index (κ3) is 4.47. The highest BCUT2D eigenvalue weighted by atomic mass is 35.5. The second-order valence-corrected chi connectivity index (χ2v) is 7.48. The summed E-state index contributed by atoms with van der Waals surface area (Å²) in [6.07, 6.45) is 0. The van der Waals surface area contributed by atoms with Crippen molar-refractivity contribution < 1.29 is 17.9 Å². The minimum Gasteiger partial charge on any atom is -0.497 e. The molecule has 0 saturated carbocycles. The van der Waals surface area contributed by atoms with Crippen LogP contribution < -0.4 is 10.1 Å². The zero-order valence-electron chi connectivity index (χ0n) is 13.2. The van der Waals surface area contributed by atoms with Crippen molar-refractivity contribution in [2.45, 2.75) is 4.90 Å². The van der Waals surface area contributed by atoms with Gasteiger partial charge in [0.1, 0.15) is 5.75 Å². The number of benzene rings is 2. The molecular weight excluding hydrogens is 352 g/mol. The molecule has 24 heavy (non-hydrogen) atoms. The Kier molecular flexibility index (Phi) is 5.82. The first kappa shape index (κ1) is 18.3. The Bertz CT molecular complexity index is 822. The van der Waals surface area contributed by atoms with Gasteiger partial charge in [0.25, 0.3) is 0 Å². The zero-order valence-corrected chi connectivity index (χ0v) is 14.8. The lowest BCUT2D eigenvalue weighted by molar-refractivity contribution is -0.116. The van der Waals surface area contributed by atoms with Crippen LogP contribution in [0, 0.1) is 0 Å². The van der Waals surface area contributed by atoms with Crippen LogP contribution in [-0.4, -0.2) is 39.3 Å². The van der Waals surface area contributed by atoms with Crippen LogP contribution in [-0.2, 0) is 14.8 Å². The number of carbonyl (C=O) groups excluding carboxylic acids is 1. The summed E-state index contributed by atoms with van der Waals surface area (Å²) in [7, 11) is -0.928. The van der Waals surface area contributed by atoms with E-state index < -0.39 is 15.9 Å². The molecule has 6 nitrogen and oxygen atoms in total. The first-order valence-corrected chi connectivity index (χ1v) is 8.80. The molecule has 8 heteroatoms. The summed E-state index contributed by atoms with van der Waals surface area (Å²) in [4.78, 5) is 12.1. The van der Waals surface area contributed by atoms with Crippen LogP contribution in [0.25, 0.3) is 0 Å². The van der Waals surface area contributed by atoms with Crippen molar-refractivity contribution in [2.24, 2.45) is 0 Å². The quantitative estimate of drug-likeness (QED) is 0.850. The second kappa shape index (κ2) is 7.65. The van der Waals surface area contributed by atoms with Crippen molar-refractivity contribution in [2.75, 3.05) is 26.0 Å². The maximum Gasteiger partial charge on any atom is 0.243 e. The van der Waals surface area contributed by atoms with Gasteiger partial charge in [-0.15, -0.1) is 0 Å². The Hall–Kier alpha value is -2.09. The van der Waals surface area contributed by atoms with Crippen LogP contribution in [0.15, 0.2) is 53.4 Å². The molecule has 0 aliphatic carbocycles. The van der Waals surface area contributed by atoms with Gasteiger partial charge in [0.15, 0.2) is 0 Å². The first-order valence-electron chi connectivity index (χ1n) is 6.99. The van der Waals surface area contributed by atoms with Crippen molar-refractivity contribution >= 4 is 33.2 Å². The summed E-state index contributed by atoms with van der Waals surface area (Å²) in [5.41, 5.74) is 0.503. The lowest BCUT2D eigenvalue weighted by Crippen LogP contribution is -2.34. The smallest absolute Gasteiger partial charge is 0.243 e. The summed E-state index contributed by atoms with van der Waals surface area (Å²) < 4.78 is 30.9. The van der Waals surface area contributed by atoms with Crippen molar-refractivity contribution in [3.8, 4) is 5.75 Å². The molecule has 0 aliphatic rings. The number of hydrogen-bond donors (Lipinski definition) is 1. The van der Waals surface area contributed by atoms with E-state index in [0.717, 1.165) is 4.31 Å². The highest BCUT2D eigenvalue weighted by Gasteiger charge is 2.23. The Balaban J connectivity index is 2.06. The average molecular weight is 369 g/mol. The van der Waals surface area contributed by atoms with Crippen molar-refractivity contribution in [1.82, 2.24) is 4.31 Å². The molecule has 0 spiro atoms. The fourth-order valence-electron chi connectivity index (χ4n) is 1.98. The van der Waals surface area contributed by atoms with Crippen LogP contribution in [0.1, 0.15) is 0 Å². The molecule has 2 rings (SSSR count). The lowest BCUT2D eigenvalue weighted by atomic mass is 10.3. The van der Waals surface area contributed by atoms with E-state index in [2.05, 4.69) is 5.32 Å². The number of hydrogen-bond acceptors (Lipinski definition) is 4. The predicted octanol–water partition coefficient (Wildman–Crippen LogP) is 2.61. The molecule has 0 unspecified atom stereocenters. The molecular formula is C16H17ClN2O4S. The summed E-state index contributed by atoms with van der Waals surface area (Å²) in [6.45, 7) is -0.319. The number of sulfonamides is 1. The number of ether oxygens (including phenoxy) is 1. The third-order valence-corrected chi connectivity index (χ3v) is 5.29. The molecule has 0 aromatic heterocycles. The van der Waals surface area contributed by atoms with Gasteiger partial charge in [-0.2, -0.15) is 4.31 Å². The van der Waals surface area contributed by atoms with Crippen LogP contribution in [0.2, 0.25) is 5.02 Å². The van der Waals surface area contributed by atoms with E-state index in [1.54, 1.807) is 36.4 Å². The fraction of sp³-hybridized carbons (Fsp3) is 0.188. The van der Waals surface area contributed by atoms with Gasteiger partial charge in [0.2, 0.25) is 15.9 Å². The molecule has 0 fully saturated rings. The molecule has 2 aromatic rings. The van der Waals surface area contributed by atoms with Gasteiger partial charge in [-0.25, -0.2) is 8.42 Å². The van der Waals surface area contributed by atoms with Gasteiger partial charge in [-0.1, -0.05) is 17.7 Å². The monoisotopic (exact) mass is 368 g/mol. The van der Waals surface area contributed by atoms with Crippen LogP contribution >= 0.6 is 11.6 Å². The van der Waals surface area contributed by atoms with Crippen molar-refractivity contribution in [3.63, 3.8) is 0 Å². The highest BCUT2D eigenvalue weighted by molar-refractivity contribution is 7.89. The Morgan fingerprint density at radius 2 is 1.88 bits per heavy atom. The molecule has 2 aromatic carbocycles. The molecule has 0 saturated heterocycles. The summed E-state index contributed by atoms with van der Waals surface area (Å²) in [6, 6.07) is 12.6. The number of nitrogens with zero attached hydrogens (tertiary/aromatic N) is 1. The second-order valence-electron chi connectivity index (χ2n) is 5.00. The average Bonchev–Trinajstić information content (AvgIpc) is 2.54. The number of halogens is 1. The minimum absolute atomic E-state index is 0.0846. The van der Waals surface area contributed by atoms with Crippen LogP contribution in [0.5, 0.6) is 5.75 Å². The van der Waals surface area contributed by atoms with Gasteiger partial charge >= 0.3 is 0 Å². The molecule has 1 N–H and O–H groups in total. The van der Waals surface area contributed by atoms with E-state index in [9.17, 15) is 13.2 Å². The van der Waals surface area contributed by atoms with E-state index in [1.807, 2.05) is 0 Å². The van der Waals surface area contributed by atoms with Gasteiger partial charge in [0, 0.05) is 17.8 Å². The fourth-order valence-corrected chi connectivity index (χ4v) is 3.30. The molecule has 0 radical (unpaired) electrons. The van der Waals surface area contributed by atoms with E-state index in [0.29, 0.717) is 16.5 Å². The molecule has 0 aliphatic heterocycles. The third-order valence-electron chi connectivity index (χ3n) is 3.24. The van der Waals surface area contributed by atoms with E-state index in [-0.39, 0.29) is 11.4 Å². The standard InChI is InChI=1S/C16H17ClN2O4S/c1-19(11-16(20)18-13-5-3-4-12(17)10-13)24(21,22)15-8-6-14(23-2)7-9-15/h3-10H,11H2,1-2H3,(H,18,20). The summed E-state index contributed by atoms with van der Waals surface area (Å²) in [5, 5.41) is 3.08. The van der Waals surface area contributed by atoms with Crippen LogP contribution in [0.4, 0.5) is 5.69 Å². The Morgan fingerprint density at radius 1 is 1.21 bits per heavy atom. The molecule has 128 valence electrons. The van der Waals surface area contributed by atoms with Gasteiger partial charge in [-0.3, -0.25) is 4.79 Å². The minimum atomic E-state index is -3.77. The zero-order chi connectivity index (χ0) is 17.7. The molecule has 0 bridgehead atoms. The number of amides is 1. The van der Waals surface area contributed by atoms with Crippen molar-refractivity contribution in [1.29, 1.82) is 0 Å². The SMILES string of the molecule is COc1ccc(S(=O)(=O)N(C)CC(=O)Nc2cccc(Cl)c2)cc1. The number of nitrogens with one attached hydrogen (secondary N) is 1. The molecule has 0 heterocycles. The normalized spacial score (nSPS) is 11.3. The number of rotatable bonds is 6. The van der Waals surface area contributed by atoms with E-state index in [4.69, 9.17) is 16.3 Å². The Labute approximate surface area is 146 Å². The molecule has 1 amide bonds. The lowest BCUT2D eigenvalue weighted by Gasteiger charge is -2.17. The van der Waals surface area contributed by atoms with Crippen LogP contribution in [0.3, 0.4) is 0 Å². The van der Waals surface area contributed by atoms with Gasteiger partial charge in [-0.05, 0) is 42.5 Å². The number of methoxy groups -OCH3 is 1. The largest absolute Gasteiger partial charge is 0.497 e. The maximum absolute atomic E-state index is 12.5. The van der Waals surface area contributed by atoms with Gasteiger partial charge < -0.3 is 10.1 Å². The molecule has 0 atom stereocenters. The number of anilines is 1. The van der Waals surface area contributed by atoms with Crippen molar-refractivity contribution in [3.05, 3.63) is 53.6 Å². The predicted molar refractivity (Wildman–Crippen MR) is 92.9 cm³/mol. The van der Waals surface area contributed by atoms with E-state index in [1.165, 1.54) is 26.3 Å². The topological polar surface area (TPSA) is 75.7 Å². The highest BCUT2D eigenvalue weighted by Crippen LogP contribution is 2.19. The van der Waals surface area contributed by atoms with E-state index >= 15 is 0 Å². The number of likely N-dealkylation sites (N-methyl/N-ethyl adjacent to an activating group) is 1. The van der Waals surface area contributed by atoms with Gasteiger partial charge in [0.05, 0.1) is 18.6 Å².